The van der Waals surface area contributed by atoms with Crippen molar-refractivity contribution in [1.82, 2.24) is 0 Å². The lowest BCUT2D eigenvalue weighted by molar-refractivity contribution is 0.208. The van der Waals surface area contributed by atoms with Crippen LogP contribution in [0.1, 0.15) is 20.8 Å². The Kier molecular flexibility index (Phi) is 3.26. The molecule has 0 amide bonds. The van der Waals surface area contributed by atoms with Crippen molar-refractivity contribution in [3.05, 3.63) is 0 Å². The lowest BCUT2D eigenvalue weighted by Crippen LogP contribution is -2.12. The minimum Gasteiger partial charge on any atom is -0.129 e. The third kappa shape index (κ3) is 8.02. The van der Waals surface area contributed by atoms with Crippen LogP contribution in [0.15, 0.2) is 0 Å². The van der Waals surface area contributed by atoms with Gasteiger partial charge in [0, 0.05) is 0 Å². The standard InChI is InChI=1S/C5H13NO2P/c1-5(2,3)4-8-9(6)7/h4H2,1-3H3,(H2,6,7)/q+1. The molecule has 0 heterocycles. The molecule has 0 aliphatic rings. The molecule has 4 heteroatoms. The second kappa shape index (κ2) is 3.25. The normalized spacial score (nSPS) is 13.6. The molecule has 9 heavy (non-hydrogen) atoms. The summed E-state index contributed by atoms with van der Waals surface area (Å²) in [7, 11) is -1.91. The van der Waals surface area contributed by atoms with E-state index in [0.717, 1.165) is 0 Å². The Morgan fingerprint density at radius 3 is 2.11 bits per heavy atom. The highest BCUT2D eigenvalue weighted by Crippen LogP contribution is 2.19. The van der Waals surface area contributed by atoms with Crippen LogP contribution in [0.25, 0.3) is 0 Å². The minimum absolute atomic E-state index is 0.0460. The van der Waals surface area contributed by atoms with Crippen LogP contribution in [0.5, 0.6) is 0 Å². The van der Waals surface area contributed by atoms with Gasteiger partial charge in [-0.05, 0) is 9.98 Å². The third-order valence-corrected chi connectivity index (χ3v) is 1.01. The molecule has 0 bridgehead atoms. The fourth-order valence-corrected chi connectivity index (χ4v) is 0.772. The van der Waals surface area contributed by atoms with Gasteiger partial charge in [0.05, 0.1) is 0 Å². The molecule has 0 aliphatic heterocycles. The lowest BCUT2D eigenvalue weighted by atomic mass is 9.99. The predicted octanol–water partition coefficient (Wildman–Crippen LogP) is 1.67. The second-order valence-electron chi connectivity index (χ2n) is 3.12. The highest BCUT2D eigenvalue weighted by atomic mass is 31.1. The Morgan fingerprint density at radius 2 is 2.00 bits per heavy atom. The summed E-state index contributed by atoms with van der Waals surface area (Å²) in [4.78, 5) is 0. The zero-order valence-corrected chi connectivity index (χ0v) is 6.94. The summed E-state index contributed by atoms with van der Waals surface area (Å²) in [6, 6.07) is 0. The lowest BCUT2D eigenvalue weighted by Gasteiger charge is -2.11. The first-order valence-corrected chi connectivity index (χ1v) is 4.01. The van der Waals surface area contributed by atoms with E-state index < -0.39 is 8.18 Å². The molecule has 3 nitrogen and oxygen atoms in total. The maximum atomic E-state index is 10.2. The molecule has 0 saturated carbocycles. The van der Waals surface area contributed by atoms with E-state index in [1.54, 1.807) is 0 Å². The van der Waals surface area contributed by atoms with Crippen LogP contribution in [0.3, 0.4) is 0 Å². The monoisotopic (exact) mass is 150 g/mol. The van der Waals surface area contributed by atoms with Gasteiger partial charge in [-0.3, -0.25) is 0 Å². The van der Waals surface area contributed by atoms with Crippen molar-refractivity contribution in [2.24, 2.45) is 10.9 Å². The van der Waals surface area contributed by atoms with Gasteiger partial charge in [-0.1, -0.05) is 26.3 Å². The molecule has 0 aromatic carbocycles. The smallest absolute Gasteiger partial charge is 0.129 e. The van der Waals surface area contributed by atoms with Crippen molar-refractivity contribution in [2.75, 3.05) is 6.61 Å². The van der Waals surface area contributed by atoms with Gasteiger partial charge in [0.25, 0.3) is 0 Å². The van der Waals surface area contributed by atoms with Crippen molar-refractivity contribution < 1.29 is 9.09 Å². The summed E-state index contributed by atoms with van der Waals surface area (Å²) >= 11 is 0. The Morgan fingerprint density at radius 1 is 1.56 bits per heavy atom. The average molecular weight is 150 g/mol. The van der Waals surface area contributed by atoms with Crippen LogP contribution >= 0.6 is 8.18 Å². The Bertz CT molecular complexity index is 108. The van der Waals surface area contributed by atoms with E-state index in [1.807, 2.05) is 20.8 Å². The largest absolute Gasteiger partial charge is 0.610 e. The predicted molar refractivity (Wildman–Crippen MR) is 37.2 cm³/mol. The third-order valence-electron chi connectivity index (χ3n) is 0.625. The molecule has 0 aromatic rings. The summed E-state index contributed by atoms with van der Waals surface area (Å²) in [5.41, 5.74) is 4.93. The zero-order chi connectivity index (χ0) is 7.49. The van der Waals surface area contributed by atoms with Gasteiger partial charge in [0.1, 0.15) is 6.61 Å². The number of hydrogen-bond acceptors (Lipinski definition) is 2. The van der Waals surface area contributed by atoms with Crippen LogP contribution in [0.4, 0.5) is 0 Å². The van der Waals surface area contributed by atoms with Gasteiger partial charge in [-0.2, -0.15) is 0 Å². The highest BCUT2D eigenvalue weighted by Gasteiger charge is 2.17. The summed E-state index contributed by atoms with van der Waals surface area (Å²) < 4.78 is 14.9. The van der Waals surface area contributed by atoms with Crippen molar-refractivity contribution in [2.45, 2.75) is 20.8 Å². The Balaban J connectivity index is 3.39. The van der Waals surface area contributed by atoms with Gasteiger partial charge < -0.3 is 0 Å². The van der Waals surface area contributed by atoms with Gasteiger partial charge in [0.15, 0.2) is 0 Å². The quantitative estimate of drug-likeness (QED) is 0.609. The van der Waals surface area contributed by atoms with Gasteiger partial charge in [-0.15, -0.1) is 4.52 Å². The molecular weight excluding hydrogens is 137 g/mol. The van der Waals surface area contributed by atoms with Crippen LogP contribution in [0.2, 0.25) is 0 Å². The Labute approximate surface area is 56.5 Å². The number of nitrogens with two attached hydrogens (primary N) is 1. The van der Waals surface area contributed by atoms with Crippen LogP contribution in [-0.2, 0) is 9.09 Å². The zero-order valence-electron chi connectivity index (χ0n) is 6.05. The van der Waals surface area contributed by atoms with E-state index in [1.165, 1.54) is 0 Å². The molecule has 0 rings (SSSR count). The molecule has 2 N–H and O–H groups in total. The van der Waals surface area contributed by atoms with Gasteiger partial charge in [0.2, 0.25) is 0 Å². The average Bonchev–Trinajstić information content (AvgIpc) is 1.59. The number of hydrogen-bond donors (Lipinski definition) is 1. The molecular formula is C5H13NO2P+. The second-order valence-corrected chi connectivity index (χ2v) is 3.95. The minimum atomic E-state index is -1.91. The van der Waals surface area contributed by atoms with E-state index in [-0.39, 0.29) is 5.41 Å². The molecule has 54 valence electrons. The van der Waals surface area contributed by atoms with E-state index in [2.05, 4.69) is 0 Å². The highest BCUT2D eigenvalue weighted by molar-refractivity contribution is 7.36. The van der Waals surface area contributed by atoms with Crippen molar-refractivity contribution >= 4 is 8.18 Å². The summed E-state index contributed by atoms with van der Waals surface area (Å²) in [5, 5.41) is 0. The molecule has 0 fully saturated rings. The van der Waals surface area contributed by atoms with Gasteiger partial charge >= 0.3 is 8.18 Å². The Hall–Kier alpha value is 0.0200. The van der Waals surface area contributed by atoms with E-state index in [4.69, 9.17) is 10.0 Å². The maximum absolute atomic E-state index is 10.2. The molecule has 0 aliphatic carbocycles. The topological polar surface area (TPSA) is 52.3 Å². The first-order chi connectivity index (χ1) is 3.92. The molecule has 0 saturated heterocycles. The van der Waals surface area contributed by atoms with Crippen LogP contribution in [0, 0.1) is 5.41 Å². The first-order valence-electron chi connectivity index (χ1n) is 2.77. The molecule has 0 radical (unpaired) electrons. The molecule has 0 aromatic heterocycles. The van der Waals surface area contributed by atoms with Crippen LogP contribution < -0.4 is 5.50 Å². The summed E-state index contributed by atoms with van der Waals surface area (Å²) in [5.74, 6) is 0. The fraction of sp³-hybridized carbons (Fsp3) is 1.00. The molecule has 1 atom stereocenters. The van der Waals surface area contributed by atoms with E-state index in [9.17, 15) is 4.57 Å². The number of rotatable bonds is 2. The van der Waals surface area contributed by atoms with Crippen molar-refractivity contribution in [3.63, 3.8) is 0 Å². The van der Waals surface area contributed by atoms with Crippen molar-refractivity contribution in [3.8, 4) is 0 Å². The molecule has 1 unspecified atom stereocenters. The van der Waals surface area contributed by atoms with E-state index >= 15 is 0 Å². The summed E-state index contributed by atoms with van der Waals surface area (Å²) in [6.07, 6.45) is 0. The van der Waals surface area contributed by atoms with Crippen LogP contribution in [-0.4, -0.2) is 6.61 Å². The van der Waals surface area contributed by atoms with Gasteiger partial charge in [-0.25, -0.2) is 0 Å². The maximum Gasteiger partial charge on any atom is 0.610 e. The fourth-order valence-electron chi connectivity index (χ4n) is 0.257. The van der Waals surface area contributed by atoms with Crippen molar-refractivity contribution in [1.29, 1.82) is 0 Å². The molecule has 0 spiro atoms. The SMILES string of the molecule is CC(C)(C)CO[P+](N)=O. The summed E-state index contributed by atoms with van der Waals surface area (Å²) in [6.45, 7) is 6.42. The first kappa shape index (κ1) is 9.02. The van der Waals surface area contributed by atoms with E-state index in [0.29, 0.717) is 6.61 Å².